The molecule has 17 heavy (non-hydrogen) atoms. The van der Waals surface area contributed by atoms with Crippen molar-refractivity contribution in [3.63, 3.8) is 0 Å². The van der Waals surface area contributed by atoms with Gasteiger partial charge >= 0.3 is 5.97 Å². The fraction of sp³-hybridized carbons (Fsp3) is 0.182. The topological polar surface area (TPSA) is 89.7 Å². The minimum Gasteiger partial charge on any atom is -0.497 e. The first kappa shape index (κ1) is 12.7. The monoisotopic (exact) mass is 237 g/mol. The molecule has 0 bridgehead atoms. The SMILES string of the molecule is COc1ccc(/C=C(\C)C(=O)O)c([N+](=O)[O-])c1. The number of carbonyl (C=O) groups is 1. The van der Waals surface area contributed by atoms with Crippen molar-refractivity contribution in [1.29, 1.82) is 0 Å². The van der Waals surface area contributed by atoms with Crippen LogP contribution in [0.5, 0.6) is 5.75 Å². The summed E-state index contributed by atoms with van der Waals surface area (Å²) in [6.45, 7) is 1.37. The number of methoxy groups -OCH3 is 1. The summed E-state index contributed by atoms with van der Waals surface area (Å²) in [4.78, 5) is 20.9. The normalized spacial score (nSPS) is 11.1. The zero-order valence-electron chi connectivity index (χ0n) is 9.34. The highest BCUT2D eigenvalue weighted by Crippen LogP contribution is 2.26. The van der Waals surface area contributed by atoms with Gasteiger partial charge in [0, 0.05) is 5.57 Å². The lowest BCUT2D eigenvalue weighted by Crippen LogP contribution is -1.98. The van der Waals surface area contributed by atoms with Gasteiger partial charge in [-0.1, -0.05) is 0 Å². The van der Waals surface area contributed by atoms with Gasteiger partial charge < -0.3 is 9.84 Å². The molecule has 0 fully saturated rings. The number of hydrogen-bond donors (Lipinski definition) is 1. The molecule has 90 valence electrons. The average Bonchev–Trinajstić information content (AvgIpc) is 2.29. The summed E-state index contributed by atoms with van der Waals surface area (Å²) in [5, 5.41) is 19.5. The lowest BCUT2D eigenvalue weighted by Gasteiger charge is -2.02. The van der Waals surface area contributed by atoms with Crippen LogP contribution in [-0.4, -0.2) is 23.1 Å². The van der Waals surface area contributed by atoms with Crippen molar-refractivity contribution >= 4 is 17.7 Å². The van der Waals surface area contributed by atoms with Crippen LogP contribution < -0.4 is 4.74 Å². The molecule has 0 saturated heterocycles. The number of carboxylic acid groups (broad SMARTS) is 1. The summed E-state index contributed by atoms with van der Waals surface area (Å²) in [5.74, 6) is -0.767. The van der Waals surface area contributed by atoms with Crippen LogP contribution in [0.1, 0.15) is 12.5 Å². The Bertz CT molecular complexity index is 493. The maximum absolute atomic E-state index is 10.8. The lowest BCUT2D eigenvalue weighted by molar-refractivity contribution is -0.385. The van der Waals surface area contributed by atoms with Crippen LogP contribution in [0.25, 0.3) is 6.08 Å². The first-order valence-electron chi connectivity index (χ1n) is 4.69. The van der Waals surface area contributed by atoms with Gasteiger partial charge in [-0.15, -0.1) is 0 Å². The summed E-state index contributed by atoms with van der Waals surface area (Å²) >= 11 is 0. The highest BCUT2D eigenvalue weighted by molar-refractivity contribution is 5.92. The van der Waals surface area contributed by atoms with Crippen LogP contribution in [0.4, 0.5) is 5.69 Å². The molecule has 0 aromatic heterocycles. The summed E-state index contributed by atoms with van der Waals surface area (Å²) < 4.78 is 4.87. The lowest BCUT2D eigenvalue weighted by atomic mass is 10.1. The van der Waals surface area contributed by atoms with Crippen LogP contribution in [0.15, 0.2) is 23.8 Å². The number of nitro benzene ring substituents is 1. The average molecular weight is 237 g/mol. The molecule has 6 heteroatoms. The zero-order chi connectivity index (χ0) is 13.0. The number of aliphatic carboxylic acids is 1. The van der Waals surface area contributed by atoms with Crippen molar-refractivity contribution in [3.05, 3.63) is 39.4 Å². The molecule has 0 aliphatic carbocycles. The Morgan fingerprint density at radius 1 is 1.53 bits per heavy atom. The van der Waals surface area contributed by atoms with E-state index in [1.807, 2.05) is 0 Å². The molecule has 0 aliphatic rings. The van der Waals surface area contributed by atoms with E-state index in [0.717, 1.165) is 0 Å². The van der Waals surface area contributed by atoms with Gasteiger partial charge in [0.25, 0.3) is 5.69 Å². The number of carboxylic acids is 1. The van der Waals surface area contributed by atoms with Gasteiger partial charge in [-0.05, 0) is 25.1 Å². The molecule has 0 saturated carbocycles. The second-order valence-corrected chi connectivity index (χ2v) is 3.31. The summed E-state index contributed by atoms with van der Waals surface area (Å²) in [5.41, 5.74) is 0.0684. The Morgan fingerprint density at radius 2 is 2.18 bits per heavy atom. The van der Waals surface area contributed by atoms with Crippen molar-refractivity contribution < 1.29 is 19.6 Å². The number of hydrogen-bond acceptors (Lipinski definition) is 4. The van der Waals surface area contributed by atoms with Gasteiger partial charge in [0.15, 0.2) is 0 Å². The van der Waals surface area contributed by atoms with E-state index in [1.165, 1.54) is 38.3 Å². The smallest absolute Gasteiger partial charge is 0.331 e. The molecule has 0 aliphatic heterocycles. The molecule has 0 heterocycles. The van der Waals surface area contributed by atoms with Gasteiger partial charge in [0.05, 0.1) is 23.7 Å². The highest BCUT2D eigenvalue weighted by Gasteiger charge is 2.14. The molecular weight excluding hydrogens is 226 g/mol. The van der Waals surface area contributed by atoms with Crippen molar-refractivity contribution in [2.75, 3.05) is 7.11 Å². The van der Waals surface area contributed by atoms with E-state index >= 15 is 0 Å². The fourth-order valence-corrected chi connectivity index (χ4v) is 1.23. The molecule has 1 aromatic carbocycles. The third-order valence-electron chi connectivity index (χ3n) is 2.14. The van der Waals surface area contributed by atoms with E-state index in [-0.39, 0.29) is 16.8 Å². The quantitative estimate of drug-likeness (QED) is 0.492. The van der Waals surface area contributed by atoms with Crippen molar-refractivity contribution in [3.8, 4) is 5.75 Å². The molecule has 0 atom stereocenters. The van der Waals surface area contributed by atoms with Crippen molar-refractivity contribution in [2.45, 2.75) is 6.92 Å². The Hall–Kier alpha value is -2.37. The van der Waals surface area contributed by atoms with E-state index in [4.69, 9.17) is 9.84 Å². The maximum Gasteiger partial charge on any atom is 0.331 e. The fourth-order valence-electron chi connectivity index (χ4n) is 1.23. The van der Waals surface area contributed by atoms with E-state index < -0.39 is 10.9 Å². The first-order chi connectivity index (χ1) is 7.95. The Morgan fingerprint density at radius 3 is 2.65 bits per heavy atom. The van der Waals surface area contributed by atoms with Crippen molar-refractivity contribution in [2.24, 2.45) is 0 Å². The molecule has 0 radical (unpaired) electrons. The Balaban J connectivity index is 3.29. The molecule has 1 N–H and O–H groups in total. The van der Waals surface area contributed by atoms with E-state index in [9.17, 15) is 14.9 Å². The number of nitro groups is 1. The Labute approximate surface area is 97.3 Å². The number of benzene rings is 1. The van der Waals surface area contributed by atoms with Gasteiger partial charge in [-0.25, -0.2) is 4.79 Å². The molecule has 0 unspecified atom stereocenters. The van der Waals surface area contributed by atoms with Crippen molar-refractivity contribution in [1.82, 2.24) is 0 Å². The van der Waals surface area contributed by atoms with Gasteiger partial charge in [0.2, 0.25) is 0 Å². The van der Waals surface area contributed by atoms with Crippen LogP contribution in [0, 0.1) is 10.1 Å². The van der Waals surface area contributed by atoms with Gasteiger partial charge in [0.1, 0.15) is 5.75 Å². The van der Waals surface area contributed by atoms with E-state index in [1.54, 1.807) is 0 Å². The van der Waals surface area contributed by atoms with Crippen LogP contribution in [0.3, 0.4) is 0 Å². The molecule has 6 nitrogen and oxygen atoms in total. The summed E-state index contributed by atoms with van der Waals surface area (Å²) in [6.07, 6.45) is 1.25. The second kappa shape index (κ2) is 5.11. The van der Waals surface area contributed by atoms with Crippen LogP contribution in [0.2, 0.25) is 0 Å². The predicted octanol–water partition coefficient (Wildman–Crippen LogP) is 2.09. The van der Waals surface area contributed by atoms with Crippen LogP contribution >= 0.6 is 0 Å². The third-order valence-corrected chi connectivity index (χ3v) is 2.14. The third kappa shape index (κ3) is 3.04. The van der Waals surface area contributed by atoms with E-state index in [0.29, 0.717) is 5.75 Å². The first-order valence-corrected chi connectivity index (χ1v) is 4.69. The molecule has 1 aromatic rings. The minimum atomic E-state index is -1.12. The molecule has 1 rings (SSSR count). The van der Waals surface area contributed by atoms with Gasteiger partial charge in [-0.2, -0.15) is 0 Å². The summed E-state index contributed by atoms with van der Waals surface area (Å²) in [7, 11) is 1.40. The highest BCUT2D eigenvalue weighted by atomic mass is 16.6. The van der Waals surface area contributed by atoms with Gasteiger partial charge in [-0.3, -0.25) is 10.1 Å². The minimum absolute atomic E-state index is 0.0262. The number of rotatable bonds is 4. The number of ether oxygens (including phenoxy) is 1. The molecule has 0 spiro atoms. The van der Waals surface area contributed by atoms with Crippen LogP contribution in [-0.2, 0) is 4.79 Å². The zero-order valence-corrected chi connectivity index (χ0v) is 9.34. The number of nitrogens with zero attached hydrogens (tertiary/aromatic N) is 1. The second-order valence-electron chi connectivity index (χ2n) is 3.31. The van der Waals surface area contributed by atoms with E-state index in [2.05, 4.69) is 0 Å². The maximum atomic E-state index is 10.8. The largest absolute Gasteiger partial charge is 0.497 e. The molecule has 0 amide bonds. The Kier molecular flexibility index (Phi) is 3.82. The summed E-state index contributed by atoms with van der Waals surface area (Å²) in [6, 6.07) is 4.23. The predicted molar refractivity (Wildman–Crippen MR) is 60.9 cm³/mol. The standard InChI is InChI=1S/C11H11NO5/c1-7(11(13)14)5-8-3-4-9(17-2)6-10(8)12(15)16/h3-6H,1-2H3,(H,13,14)/b7-5+. The molecular formula is C11H11NO5.